The number of rotatable bonds is 3. The Hall–Kier alpha value is -1.02. The zero-order valence-corrected chi connectivity index (χ0v) is 12.7. The monoisotopic (exact) mass is 305 g/mol. The molecule has 2 aromatic rings. The van der Waals surface area contributed by atoms with E-state index in [4.69, 9.17) is 28.9 Å². The zero-order chi connectivity index (χ0) is 14.2. The molecule has 1 aliphatic carbocycles. The van der Waals surface area contributed by atoms with E-state index in [0.29, 0.717) is 22.5 Å². The second kappa shape index (κ2) is 5.40. The summed E-state index contributed by atoms with van der Waals surface area (Å²) in [6.07, 6.45) is 2.15. The van der Waals surface area contributed by atoms with E-state index in [1.165, 1.54) is 11.1 Å². The van der Waals surface area contributed by atoms with Gasteiger partial charge in [0.05, 0.1) is 10.0 Å². The number of hydrogen-bond acceptors (Lipinski definition) is 1. The minimum Gasteiger partial charge on any atom is -0.330 e. The van der Waals surface area contributed by atoms with Gasteiger partial charge in [0.2, 0.25) is 0 Å². The second-order valence-corrected chi connectivity index (χ2v) is 6.44. The van der Waals surface area contributed by atoms with Crippen molar-refractivity contribution in [3.05, 3.63) is 69.7 Å². The second-order valence-electron chi connectivity index (χ2n) is 5.63. The fourth-order valence-corrected chi connectivity index (χ4v) is 3.49. The van der Waals surface area contributed by atoms with Crippen molar-refractivity contribution in [2.24, 2.45) is 5.73 Å². The van der Waals surface area contributed by atoms with Crippen LogP contribution in [0.5, 0.6) is 0 Å². The fraction of sp³-hybridized carbons (Fsp3) is 0.294. The Morgan fingerprint density at radius 1 is 1.00 bits per heavy atom. The summed E-state index contributed by atoms with van der Waals surface area (Å²) in [4.78, 5) is 0. The van der Waals surface area contributed by atoms with Gasteiger partial charge in [-0.2, -0.15) is 0 Å². The summed E-state index contributed by atoms with van der Waals surface area (Å²) in [7, 11) is 0. The lowest BCUT2D eigenvalue weighted by Crippen LogP contribution is -2.46. The average molecular weight is 306 g/mol. The molecule has 3 rings (SSSR count). The molecule has 0 aliphatic heterocycles. The van der Waals surface area contributed by atoms with Crippen molar-refractivity contribution in [3.8, 4) is 0 Å². The van der Waals surface area contributed by atoms with Gasteiger partial charge in [0, 0.05) is 12.0 Å². The smallest absolute Gasteiger partial charge is 0.0595 e. The summed E-state index contributed by atoms with van der Waals surface area (Å²) < 4.78 is 0. The Kier molecular flexibility index (Phi) is 3.76. The van der Waals surface area contributed by atoms with Gasteiger partial charge in [-0.25, -0.2) is 0 Å². The summed E-state index contributed by atoms with van der Waals surface area (Å²) in [5.41, 5.74) is 8.71. The molecule has 0 aromatic heterocycles. The highest BCUT2D eigenvalue weighted by atomic mass is 35.5. The van der Waals surface area contributed by atoms with Crippen molar-refractivity contribution in [1.82, 2.24) is 0 Å². The Morgan fingerprint density at radius 2 is 1.70 bits per heavy atom. The molecule has 0 radical (unpaired) electrons. The third-order valence-electron chi connectivity index (χ3n) is 4.47. The van der Waals surface area contributed by atoms with Gasteiger partial charge in [0.1, 0.15) is 0 Å². The zero-order valence-electron chi connectivity index (χ0n) is 11.2. The van der Waals surface area contributed by atoms with Crippen LogP contribution in [0.15, 0.2) is 48.5 Å². The number of nitrogens with two attached hydrogens (primary N) is 1. The summed E-state index contributed by atoms with van der Waals surface area (Å²) in [5.74, 6) is 0.592. The SMILES string of the molecule is NCC1(c2ccc(Cl)c(Cl)c2)CC(c2ccccc2)C1. The normalized spacial score (nSPS) is 25.2. The lowest BCUT2D eigenvalue weighted by atomic mass is 9.57. The number of halogens is 2. The summed E-state index contributed by atoms with van der Waals surface area (Å²) in [6, 6.07) is 16.5. The average Bonchev–Trinajstić information content (AvgIpc) is 2.43. The molecule has 1 nitrogen and oxygen atoms in total. The van der Waals surface area contributed by atoms with Crippen LogP contribution in [-0.2, 0) is 5.41 Å². The van der Waals surface area contributed by atoms with Gasteiger partial charge in [0.25, 0.3) is 0 Å². The molecule has 3 heteroatoms. The molecule has 0 bridgehead atoms. The van der Waals surface area contributed by atoms with Crippen molar-refractivity contribution < 1.29 is 0 Å². The molecule has 1 aliphatic rings. The number of benzene rings is 2. The minimum atomic E-state index is 0.0503. The van der Waals surface area contributed by atoms with Gasteiger partial charge in [-0.1, -0.05) is 59.6 Å². The Labute approximate surface area is 129 Å². The molecule has 0 amide bonds. The first kappa shape index (κ1) is 13.9. The molecule has 1 saturated carbocycles. The first-order valence-corrected chi connectivity index (χ1v) is 7.61. The van der Waals surface area contributed by atoms with Gasteiger partial charge < -0.3 is 5.73 Å². The third-order valence-corrected chi connectivity index (χ3v) is 5.21. The van der Waals surface area contributed by atoms with Crippen molar-refractivity contribution in [3.63, 3.8) is 0 Å². The maximum Gasteiger partial charge on any atom is 0.0595 e. The van der Waals surface area contributed by atoms with E-state index in [1.54, 1.807) is 0 Å². The molecule has 0 saturated heterocycles. The van der Waals surface area contributed by atoms with Gasteiger partial charge in [0.15, 0.2) is 0 Å². The molecule has 1 fully saturated rings. The van der Waals surface area contributed by atoms with Gasteiger partial charge in [-0.15, -0.1) is 0 Å². The van der Waals surface area contributed by atoms with E-state index in [2.05, 4.69) is 36.4 Å². The van der Waals surface area contributed by atoms with Crippen molar-refractivity contribution in [2.75, 3.05) is 6.54 Å². The first-order chi connectivity index (χ1) is 9.64. The fourth-order valence-electron chi connectivity index (χ4n) is 3.19. The highest BCUT2D eigenvalue weighted by molar-refractivity contribution is 6.42. The van der Waals surface area contributed by atoms with Crippen molar-refractivity contribution in [1.29, 1.82) is 0 Å². The molecule has 104 valence electrons. The standard InChI is InChI=1S/C17H17Cl2N/c18-15-7-6-14(8-16(15)19)17(11-20)9-13(10-17)12-4-2-1-3-5-12/h1-8,13H,9-11,20H2. The van der Waals surface area contributed by atoms with Crippen LogP contribution in [-0.4, -0.2) is 6.54 Å². The lowest BCUT2D eigenvalue weighted by Gasteiger charge is -2.48. The summed E-state index contributed by atoms with van der Waals surface area (Å²) in [6.45, 7) is 0.647. The molecule has 20 heavy (non-hydrogen) atoms. The molecule has 2 N–H and O–H groups in total. The lowest BCUT2D eigenvalue weighted by molar-refractivity contribution is 0.209. The maximum atomic E-state index is 6.14. The van der Waals surface area contributed by atoms with Crippen LogP contribution >= 0.6 is 23.2 Å². The molecule has 0 spiro atoms. The summed E-state index contributed by atoms with van der Waals surface area (Å²) >= 11 is 12.1. The van der Waals surface area contributed by atoms with Crippen LogP contribution in [0.25, 0.3) is 0 Å². The van der Waals surface area contributed by atoms with E-state index >= 15 is 0 Å². The molecule has 0 unspecified atom stereocenters. The molecule has 2 aromatic carbocycles. The third kappa shape index (κ3) is 2.35. The first-order valence-electron chi connectivity index (χ1n) is 6.85. The molecule has 0 atom stereocenters. The topological polar surface area (TPSA) is 26.0 Å². The minimum absolute atomic E-state index is 0.0503. The van der Waals surface area contributed by atoms with Crippen molar-refractivity contribution in [2.45, 2.75) is 24.2 Å². The Bertz CT molecular complexity index is 604. The van der Waals surface area contributed by atoms with Crippen LogP contribution in [0, 0.1) is 0 Å². The van der Waals surface area contributed by atoms with Crippen LogP contribution in [0.4, 0.5) is 0 Å². The van der Waals surface area contributed by atoms with E-state index in [9.17, 15) is 0 Å². The van der Waals surface area contributed by atoms with Crippen LogP contribution in [0.1, 0.15) is 29.9 Å². The van der Waals surface area contributed by atoms with E-state index in [1.807, 2.05) is 12.1 Å². The van der Waals surface area contributed by atoms with Crippen molar-refractivity contribution >= 4 is 23.2 Å². The van der Waals surface area contributed by atoms with E-state index in [-0.39, 0.29) is 5.41 Å². The van der Waals surface area contributed by atoms with Gasteiger partial charge >= 0.3 is 0 Å². The molecular weight excluding hydrogens is 289 g/mol. The molecule has 0 heterocycles. The van der Waals surface area contributed by atoms with Gasteiger partial charge in [-0.3, -0.25) is 0 Å². The highest BCUT2D eigenvalue weighted by Crippen LogP contribution is 2.52. The predicted octanol–water partition coefficient (Wildman–Crippen LogP) is 4.77. The highest BCUT2D eigenvalue weighted by Gasteiger charge is 2.45. The molecular formula is C17H17Cl2N. The van der Waals surface area contributed by atoms with E-state index in [0.717, 1.165) is 12.8 Å². The van der Waals surface area contributed by atoms with Crippen LogP contribution in [0.3, 0.4) is 0 Å². The quantitative estimate of drug-likeness (QED) is 0.868. The van der Waals surface area contributed by atoms with E-state index < -0.39 is 0 Å². The Morgan fingerprint density at radius 3 is 2.30 bits per heavy atom. The van der Waals surface area contributed by atoms with Gasteiger partial charge in [-0.05, 0) is 42.0 Å². The predicted molar refractivity (Wildman–Crippen MR) is 85.6 cm³/mol. The maximum absolute atomic E-state index is 6.14. The Balaban J connectivity index is 1.83. The van der Waals surface area contributed by atoms with Crippen LogP contribution < -0.4 is 5.73 Å². The number of hydrogen-bond donors (Lipinski definition) is 1. The summed E-state index contributed by atoms with van der Waals surface area (Å²) in [5, 5.41) is 1.21. The largest absolute Gasteiger partial charge is 0.330 e. The van der Waals surface area contributed by atoms with Crippen LogP contribution in [0.2, 0.25) is 10.0 Å².